The molecule has 0 aliphatic heterocycles. The quantitative estimate of drug-likeness (QED) is 0.732. The van der Waals surface area contributed by atoms with Crippen molar-refractivity contribution in [2.24, 2.45) is 0 Å². The third-order valence-corrected chi connectivity index (χ3v) is 3.83. The lowest BCUT2D eigenvalue weighted by Crippen LogP contribution is -1.79. The van der Waals surface area contributed by atoms with E-state index in [2.05, 4.69) is 35.1 Å². The summed E-state index contributed by atoms with van der Waals surface area (Å²) < 4.78 is 0. The van der Waals surface area contributed by atoms with Crippen molar-refractivity contribution in [3.63, 3.8) is 0 Å². The van der Waals surface area contributed by atoms with Gasteiger partial charge in [-0.05, 0) is 30.7 Å². The van der Waals surface area contributed by atoms with E-state index in [9.17, 15) is 0 Å². The van der Waals surface area contributed by atoms with Gasteiger partial charge >= 0.3 is 0 Å². The molecular formula is C14H12N2S. The smallest absolute Gasteiger partial charge is 0.102 e. The maximum absolute atomic E-state index is 4.33. The van der Waals surface area contributed by atoms with E-state index in [4.69, 9.17) is 0 Å². The number of aromatic nitrogens is 2. The summed E-state index contributed by atoms with van der Waals surface area (Å²) in [6.07, 6.45) is 1.82. The monoisotopic (exact) mass is 240 g/mol. The summed E-state index contributed by atoms with van der Waals surface area (Å²) in [5.74, 6) is 0. The van der Waals surface area contributed by atoms with Gasteiger partial charge in [0.15, 0.2) is 0 Å². The molecule has 84 valence electrons. The van der Waals surface area contributed by atoms with Crippen LogP contribution in [0.5, 0.6) is 0 Å². The average Bonchev–Trinajstić information content (AvgIpc) is 2.68. The van der Waals surface area contributed by atoms with Gasteiger partial charge in [0.25, 0.3) is 0 Å². The predicted octanol–water partition coefficient (Wildman–Crippen LogP) is 4.02. The van der Waals surface area contributed by atoms with Crippen molar-refractivity contribution in [2.75, 3.05) is 0 Å². The highest BCUT2D eigenvalue weighted by Gasteiger charge is 2.08. The number of fused-ring (bicyclic) bond motifs is 1. The molecular weight excluding hydrogens is 228 g/mol. The second-order valence-corrected chi connectivity index (χ2v) is 4.93. The summed E-state index contributed by atoms with van der Waals surface area (Å²) in [5, 5.41) is 3.47. The molecule has 0 amide bonds. The van der Waals surface area contributed by atoms with E-state index in [0.717, 1.165) is 5.03 Å². The van der Waals surface area contributed by atoms with Gasteiger partial charge in [0, 0.05) is 17.1 Å². The molecule has 0 aliphatic rings. The third kappa shape index (κ3) is 1.94. The first-order valence-electron chi connectivity index (χ1n) is 5.51. The number of nitrogens with zero attached hydrogens (tertiary/aromatic N) is 1. The topological polar surface area (TPSA) is 28.7 Å². The molecule has 3 aromatic rings. The Hall–Kier alpha value is -1.74. The average molecular weight is 240 g/mol. The Morgan fingerprint density at radius 1 is 1.06 bits per heavy atom. The maximum Gasteiger partial charge on any atom is 0.102 e. The molecule has 17 heavy (non-hydrogen) atoms. The first kappa shape index (κ1) is 10.4. The van der Waals surface area contributed by atoms with Crippen LogP contribution in [0.1, 0.15) is 5.56 Å². The van der Waals surface area contributed by atoms with E-state index >= 15 is 0 Å². The van der Waals surface area contributed by atoms with Gasteiger partial charge < -0.3 is 4.98 Å². The molecule has 0 saturated heterocycles. The zero-order valence-corrected chi connectivity index (χ0v) is 10.3. The molecule has 2 nitrogen and oxygen atoms in total. The fourth-order valence-corrected chi connectivity index (χ4v) is 2.76. The van der Waals surface area contributed by atoms with Crippen LogP contribution in [0.3, 0.4) is 0 Å². The van der Waals surface area contributed by atoms with Crippen LogP contribution >= 0.6 is 11.8 Å². The Labute approximate surface area is 104 Å². The molecule has 0 spiro atoms. The summed E-state index contributed by atoms with van der Waals surface area (Å²) in [6, 6.07) is 14.3. The largest absolute Gasteiger partial charge is 0.349 e. The van der Waals surface area contributed by atoms with E-state index in [0.29, 0.717) is 0 Å². The first-order valence-corrected chi connectivity index (χ1v) is 6.32. The number of pyridine rings is 1. The predicted molar refractivity (Wildman–Crippen MR) is 71.4 cm³/mol. The SMILES string of the molecule is Cc1c(Sc2ccccn2)[nH]c2ccccc12. The third-order valence-electron chi connectivity index (χ3n) is 2.76. The van der Waals surface area contributed by atoms with Gasteiger partial charge in [-0.3, -0.25) is 0 Å². The minimum atomic E-state index is 1.02. The van der Waals surface area contributed by atoms with Crippen molar-refractivity contribution in [1.82, 2.24) is 9.97 Å². The number of rotatable bonds is 2. The zero-order valence-electron chi connectivity index (χ0n) is 9.47. The molecule has 0 atom stereocenters. The molecule has 0 fully saturated rings. The summed E-state index contributed by atoms with van der Waals surface area (Å²) >= 11 is 1.67. The van der Waals surface area contributed by atoms with Crippen molar-refractivity contribution in [1.29, 1.82) is 0 Å². The number of benzene rings is 1. The fraction of sp³-hybridized carbons (Fsp3) is 0.0714. The molecule has 0 aliphatic carbocycles. The van der Waals surface area contributed by atoms with Crippen LogP contribution < -0.4 is 0 Å². The van der Waals surface area contributed by atoms with Gasteiger partial charge in [-0.25, -0.2) is 4.98 Å². The second-order valence-electron chi connectivity index (χ2n) is 3.89. The molecule has 0 unspecified atom stereocenters. The molecule has 0 saturated carbocycles. The highest BCUT2D eigenvalue weighted by atomic mass is 32.2. The van der Waals surface area contributed by atoms with Gasteiger partial charge in [-0.15, -0.1) is 0 Å². The van der Waals surface area contributed by atoms with Crippen molar-refractivity contribution in [3.8, 4) is 0 Å². The van der Waals surface area contributed by atoms with Crippen LogP contribution in [-0.4, -0.2) is 9.97 Å². The number of hydrogen-bond acceptors (Lipinski definition) is 2. The Balaban J connectivity index is 2.04. The highest BCUT2D eigenvalue weighted by Crippen LogP contribution is 2.32. The van der Waals surface area contributed by atoms with E-state index < -0.39 is 0 Å². The fourth-order valence-electron chi connectivity index (χ4n) is 1.87. The van der Waals surface area contributed by atoms with Gasteiger partial charge in [-0.2, -0.15) is 0 Å². The normalized spacial score (nSPS) is 10.9. The maximum atomic E-state index is 4.33. The minimum Gasteiger partial charge on any atom is -0.349 e. The molecule has 0 radical (unpaired) electrons. The molecule has 1 N–H and O–H groups in total. The number of nitrogens with one attached hydrogen (secondary N) is 1. The Morgan fingerprint density at radius 3 is 2.65 bits per heavy atom. The van der Waals surface area contributed by atoms with Crippen LogP contribution in [-0.2, 0) is 0 Å². The Morgan fingerprint density at radius 2 is 1.88 bits per heavy atom. The van der Waals surface area contributed by atoms with Crippen LogP contribution in [0.2, 0.25) is 0 Å². The van der Waals surface area contributed by atoms with Gasteiger partial charge in [0.1, 0.15) is 5.03 Å². The van der Waals surface area contributed by atoms with E-state index in [1.165, 1.54) is 21.5 Å². The van der Waals surface area contributed by atoms with Crippen LogP contribution in [0.25, 0.3) is 10.9 Å². The van der Waals surface area contributed by atoms with Crippen LogP contribution in [0, 0.1) is 6.92 Å². The lowest BCUT2D eigenvalue weighted by Gasteiger charge is -1.98. The van der Waals surface area contributed by atoms with Crippen LogP contribution in [0.15, 0.2) is 58.7 Å². The van der Waals surface area contributed by atoms with Crippen molar-refractivity contribution in [2.45, 2.75) is 17.0 Å². The summed E-state index contributed by atoms with van der Waals surface area (Å²) in [6.45, 7) is 2.14. The van der Waals surface area contributed by atoms with E-state index in [-0.39, 0.29) is 0 Å². The highest BCUT2D eigenvalue weighted by molar-refractivity contribution is 7.99. The zero-order chi connectivity index (χ0) is 11.7. The summed E-state index contributed by atoms with van der Waals surface area (Å²) in [7, 11) is 0. The van der Waals surface area contributed by atoms with Crippen molar-refractivity contribution >= 4 is 22.7 Å². The number of H-pyrrole nitrogens is 1. The van der Waals surface area contributed by atoms with Gasteiger partial charge in [0.05, 0.1) is 5.03 Å². The lowest BCUT2D eigenvalue weighted by molar-refractivity contribution is 1.11. The Bertz CT molecular complexity index is 644. The number of para-hydroxylation sites is 1. The standard InChI is InChI=1S/C14H12N2S/c1-10-11-6-2-3-7-12(11)16-14(10)17-13-8-4-5-9-15-13/h2-9,16H,1H3. The molecule has 3 rings (SSSR count). The Kier molecular flexibility index (Phi) is 2.61. The molecule has 2 heterocycles. The van der Waals surface area contributed by atoms with E-state index in [1.807, 2.05) is 30.5 Å². The lowest BCUT2D eigenvalue weighted by atomic mass is 10.2. The number of hydrogen-bond donors (Lipinski definition) is 1. The number of aryl methyl sites for hydroxylation is 1. The first-order chi connectivity index (χ1) is 8.34. The van der Waals surface area contributed by atoms with Crippen molar-refractivity contribution in [3.05, 3.63) is 54.2 Å². The van der Waals surface area contributed by atoms with Gasteiger partial charge in [0.2, 0.25) is 0 Å². The van der Waals surface area contributed by atoms with Crippen LogP contribution in [0.4, 0.5) is 0 Å². The molecule has 1 aromatic carbocycles. The summed E-state index contributed by atoms with van der Waals surface area (Å²) in [4.78, 5) is 7.76. The molecule has 3 heteroatoms. The molecule has 2 aromatic heterocycles. The summed E-state index contributed by atoms with van der Waals surface area (Å²) in [5.41, 5.74) is 2.47. The van der Waals surface area contributed by atoms with E-state index in [1.54, 1.807) is 11.8 Å². The number of aromatic amines is 1. The molecule has 0 bridgehead atoms. The van der Waals surface area contributed by atoms with Gasteiger partial charge in [-0.1, -0.05) is 36.0 Å². The van der Waals surface area contributed by atoms with Crippen molar-refractivity contribution < 1.29 is 0 Å². The second kappa shape index (κ2) is 4.26. The minimum absolute atomic E-state index is 1.02.